The molecular weight excluding hydrogens is 342 g/mol. The number of carbonyl (C=O) groups is 2. The Morgan fingerprint density at radius 2 is 1.74 bits per heavy atom. The lowest BCUT2D eigenvalue weighted by Crippen LogP contribution is -2.52. The van der Waals surface area contributed by atoms with Crippen LogP contribution >= 0.6 is 0 Å². The van der Waals surface area contributed by atoms with E-state index in [2.05, 4.69) is 21.2 Å². The molecule has 0 spiro atoms. The number of nitrogens with zero attached hydrogens (tertiary/aromatic N) is 4. The first-order valence-corrected chi connectivity index (χ1v) is 9.57. The number of nitrogens with one attached hydrogen (secondary N) is 1. The lowest BCUT2D eigenvalue weighted by atomic mass is 10.2. The van der Waals surface area contributed by atoms with Gasteiger partial charge in [0.05, 0.1) is 25.6 Å². The van der Waals surface area contributed by atoms with Crippen molar-refractivity contribution in [2.75, 3.05) is 57.3 Å². The zero-order chi connectivity index (χ0) is 19.5. The average Bonchev–Trinajstić information content (AvgIpc) is 2.69. The highest BCUT2D eigenvalue weighted by molar-refractivity contribution is 5.94. The van der Waals surface area contributed by atoms with Crippen LogP contribution in [0, 0.1) is 11.3 Å². The summed E-state index contributed by atoms with van der Waals surface area (Å²) in [5.74, 6) is 0.0683. The number of para-hydroxylation sites is 1. The maximum atomic E-state index is 12.8. The molecule has 1 aromatic rings. The van der Waals surface area contributed by atoms with Crippen molar-refractivity contribution in [3.8, 4) is 6.07 Å². The van der Waals surface area contributed by atoms with Gasteiger partial charge < -0.3 is 10.2 Å². The van der Waals surface area contributed by atoms with Gasteiger partial charge in [0.15, 0.2) is 0 Å². The van der Waals surface area contributed by atoms with E-state index in [9.17, 15) is 9.59 Å². The molecule has 27 heavy (non-hydrogen) atoms. The van der Waals surface area contributed by atoms with Crippen molar-refractivity contribution in [3.05, 3.63) is 30.3 Å². The third-order valence-corrected chi connectivity index (χ3v) is 4.58. The van der Waals surface area contributed by atoms with Crippen molar-refractivity contribution >= 4 is 17.5 Å². The molecule has 1 aliphatic heterocycles. The predicted octanol–water partition coefficient (Wildman–Crippen LogP) is 1.08. The number of nitriles is 1. The van der Waals surface area contributed by atoms with Gasteiger partial charge in [0, 0.05) is 45.0 Å². The highest BCUT2D eigenvalue weighted by Crippen LogP contribution is 2.14. The fraction of sp³-hybridized carbons (Fsp3) is 0.550. The van der Waals surface area contributed by atoms with E-state index < -0.39 is 0 Å². The first-order chi connectivity index (χ1) is 13.1. The number of piperazine rings is 1. The van der Waals surface area contributed by atoms with Gasteiger partial charge in [-0.3, -0.25) is 19.4 Å². The second-order valence-electron chi connectivity index (χ2n) is 6.69. The van der Waals surface area contributed by atoms with E-state index in [1.807, 2.05) is 37.3 Å². The van der Waals surface area contributed by atoms with Gasteiger partial charge in [0.25, 0.3) is 0 Å². The zero-order valence-corrected chi connectivity index (χ0v) is 16.1. The molecule has 0 aliphatic carbocycles. The molecule has 1 fully saturated rings. The molecule has 7 nitrogen and oxygen atoms in total. The molecular formula is C20H29N5O2. The van der Waals surface area contributed by atoms with Gasteiger partial charge in [-0.15, -0.1) is 0 Å². The van der Waals surface area contributed by atoms with Crippen molar-refractivity contribution in [2.45, 2.75) is 19.8 Å². The number of hydrogen-bond donors (Lipinski definition) is 1. The summed E-state index contributed by atoms with van der Waals surface area (Å²) in [6.07, 6.45) is 1.24. The van der Waals surface area contributed by atoms with E-state index in [1.54, 1.807) is 4.90 Å². The van der Waals surface area contributed by atoms with E-state index in [1.165, 1.54) is 0 Å². The van der Waals surface area contributed by atoms with Crippen LogP contribution < -0.4 is 10.2 Å². The van der Waals surface area contributed by atoms with Gasteiger partial charge in [-0.05, 0) is 18.6 Å². The van der Waals surface area contributed by atoms with Crippen molar-refractivity contribution in [3.63, 3.8) is 0 Å². The maximum Gasteiger partial charge on any atom is 0.241 e. The Labute approximate surface area is 161 Å². The molecule has 1 aliphatic rings. The summed E-state index contributed by atoms with van der Waals surface area (Å²) in [6, 6.07) is 11.6. The molecule has 0 radical (unpaired) electrons. The van der Waals surface area contributed by atoms with Crippen LogP contribution in [0.1, 0.15) is 19.8 Å². The van der Waals surface area contributed by atoms with Crippen molar-refractivity contribution in [1.82, 2.24) is 15.1 Å². The Morgan fingerprint density at radius 3 is 2.33 bits per heavy atom. The van der Waals surface area contributed by atoms with Crippen LogP contribution in [0.25, 0.3) is 0 Å². The molecule has 0 bridgehead atoms. The molecule has 0 aromatic heterocycles. The molecule has 0 saturated carbocycles. The molecule has 0 unspecified atom stereocenters. The van der Waals surface area contributed by atoms with E-state index in [4.69, 9.17) is 5.26 Å². The van der Waals surface area contributed by atoms with Crippen LogP contribution in [0.15, 0.2) is 30.3 Å². The third-order valence-electron chi connectivity index (χ3n) is 4.58. The molecule has 1 heterocycles. The van der Waals surface area contributed by atoms with Crippen LogP contribution in [0.4, 0.5) is 5.69 Å². The Balaban J connectivity index is 1.83. The minimum absolute atomic E-state index is 0.00517. The van der Waals surface area contributed by atoms with Crippen LogP contribution in [-0.2, 0) is 9.59 Å². The number of benzene rings is 1. The molecule has 1 N–H and O–H groups in total. The molecule has 2 amide bonds. The summed E-state index contributed by atoms with van der Waals surface area (Å²) in [4.78, 5) is 30.5. The zero-order valence-electron chi connectivity index (χ0n) is 16.1. The van der Waals surface area contributed by atoms with Crippen LogP contribution in [0.2, 0.25) is 0 Å². The number of amides is 2. The minimum Gasteiger partial charge on any atom is -0.355 e. The molecule has 2 rings (SSSR count). The van der Waals surface area contributed by atoms with Crippen LogP contribution in [0.3, 0.4) is 0 Å². The first kappa shape index (κ1) is 20.9. The molecule has 7 heteroatoms. The quantitative estimate of drug-likeness (QED) is 0.703. The van der Waals surface area contributed by atoms with Gasteiger partial charge in [0.2, 0.25) is 11.8 Å². The Hall–Kier alpha value is -2.43. The summed E-state index contributed by atoms with van der Waals surface area (Å²) in [5, 5.41) is 11.8. The van der Waals surface area contributed by atoms with Crippen molar-refractivity contribution in [1.29, 1.82) is 5.26 Å². The van der Waals surface area contributed by atoms with Gasteiger partial charge in [-0.25, -0.2) is 0 Å². The smallest absolute Gasteiger partial charge is 0.241 e. The van der Waals surface area contributed by atoms with E-state index in [0.29, 0.717) is 32.6 Å². The highest BCUT2D eigenvalue weighted by atomic mass is 16.2. The van der Waals surface area contributed by atoms with E-state index in [-0.39, 0.29) is 11.8 Å². The number of carbonyl (C=O) groups excluding carboxylic acids is 2. The second-order valence-corrected chi connectivity index (χ2v) is 6.69. The van der Waals surface area contributed by atoms with Gasteiger partial charge in [0.1, 0.15) is 0 Å². The van der Waals surface area contributed by atoms with Gasteiger partial charge in [-0.1, -0.05) is 25.1 Å². The lowest BCUT2D eigenvalue weighted by molar-refractivity contribution is -0.124. The van der Waals surface area contributed by atoms with Gasteiger partial charge >= 0.3 is 0 Å². The Bertz CT molecular complexity index is 636. The summed E-state index contributed by atoms with van der Waals surface area (Å²) >= 11 is 0. The first-order valence-electron chi connectivity index (χ1n) is 9.57. The fourth-order valence-electron chi connectivity index (χ4n) is 3.07. The summed E-state index contributed by atoms with van der Waals surface area (Å²) in [6.45, 7) is 6.96. The largest absolute Gasteiger partial charge is 0.355 e. The molecule has 146 valence electrons. The number of hydrogen-bond acceptors (Lipinski definition) is 5. The standard InChI is InChI=1S/C20H29N5O2/c1-2-10-22-19(26)16-23-12-14-24(15-13-23)17-20(27)25(11-6-9-21)18-7-4-3-5-8-18/h3-5,7-8H,2,6,10-17H2,1H3,(H,22,26). The summed E-state index contributed by atoms with van der Waals surface area (Å²) in [7, 11) is 0. The monoisotopic (exact) mass is 371 g/mol. The Kier molecular flexibility index (Phi) is 8.75. The summed E-state index contributed by atoms with van der Waals surface area (Å²) in [5.41, 5.74) is 0.823. The van der Waals surface area contributed by atoms with Crippen LogP contribution in [0.5, 0.6) is 0 Å². The average molecular weight is 371 g/mol. The lowest BCUT2D eigenvalue weighted by Gasteiger charge is -2.35. The fourth-order valence-corrected chi connectivity index (χ4v) is 3.07. The molecule has 1 aromatic carbocycles. The predicted molar refractivity (Wildman–Crippen MR) is 105 cm³/mol. The van der Waals surface area contributed by atoms with Crippen LogP contribution in [-0.4, -0.2) is 74.0 Å². The van der Waals surface area contributed by atoms with Crippen molar-refractivity contribution in [2.24, 2.45) is 0 Å². The minimum atomic E-state index is 0.00517. The normalized spacial score (nSPS) is 15.1. The number of rotatable bonds is 9. The molecule has 1 saturated heterocycles. The highest BCUT2D eigenvalue weighted by Gasteiger charge is 2.23. The maximum absolute atomic E-state index is 12.8. The number of anilines is 1. The van der Waals surface area contributed by atoms with Gasteiger partial charge in [-0.2, -0.15) is 5.26 Å². The van der Waals surface area contributed by atoms with E-state index in [0.717, 1.165) is 38.3 Å². The second kappa shape index (κ2) is 11.3. The molecule has 0 atom stereocenters. The third kappa shape index (κ3) is 7.00. The SMILES string of the molecule is CCCNC(=O)CN1CCN(CC(=O)N(CCC#N)c2ccccc2)CC1. The van der Waals surface area contributed by atoms with E-state index >= 15 is 0 Å². The topological polar surface area (TPSA) is 79.7 Å². The Morgan fingerprint density at radius 1 is 1.11 bits per heavy atom. The summed E-state index contributed by atoms with van der Waals surface area (Å²) < 4.78 is 0. The van der Waals surface area contributed by atoms with Crippen molar-refractivity contribution < 1.29 is 9.59 Å².